The highest BCUT2D eigenvalue weighted by atomic mass is 19.3. The van der Waals surface area contributed by atoms with Crippen molar-refractivity contribution in [1.29, 1.82) is 0 Å². The molecule has 7 nitrogen and oxygen atoms in total. The molecule has 0 saturated carbocycles. The second-order valence-corrected chi connectivity index (χ2v) is 6.37. The molecular formula is C19H18F4N2O5. The van der Waals surface area contributed by atoms with E-state index in [0.29, 0.717) is 0 Å². The van der Waals surface area contributed by atoms with Crippen molar-refractivity contribution >= 4 is 11.9 Å². The fourth-order valence-corrected chi connectivity index (χ4v) is 2.28. The fourth-order valence-electron chi connectivity index (χ4n) is 2.28. The van der Waals surface area contributed by atoms with Gasteiger partial charge in [-0.25, -0.2) is 13.6 Å². The molecule has 0 saturated heterocycles. The number of rotatable bonds is 9. The number of carboxylic acids is 1. The van der Waals surface area contributed by atoms with Crippen LogP contribution in [0.25, 0.3) is 0 Å². The number of carboxylic acid groups (broad SMARTS) is 1. The Hall–Kier alpha value is -3.21. The molecule has 1 aromatic carbocycles. The number of aromatic carboxylic acids is 1. The van der Waals surface area contributed by atoms with Gasteiger partial charge in [0.1, 0.15) is 12.4 Å². The van der Waals surface area contributed by atoms with E-state index >= 15 is 0 Å². The number of hydrogen-bond acceptors (Lipinski definition) is 5. The van der Waals surface area contributed by atoms with Crippen LogP contribution in [0.15, 0.2) is 42.6 Å². The van der Waals surface area contributed by atoms with Crippen molar-refractivity contribution in [2.75, 3.05) is 13.2 Å². The number of aliphatic hydroxyl groups excluding tert-OH is 1. The summed E-state index contributed by atoms with van der Waals surface area (Å²) >= 11 is 0. The smallest absolute Gasteiger partial charge is 0.349 e. The molecule has 0 bridgehead atoms. The van der Waals surface area contributed by atoms with E-state index in [1.54, 1.807) is 0 Å². The van der Waals surface area contributed by atoms with Gasteiger partial charge in [0.25, 0.3) is 5.91 Å². The van der Waals surface area contributed by atoms with Crippen molar-refractivity contribution in [3.8, 4) is 5.75 Å². The van der Waals surface area contributed by atoms with E-state index in [-0.39, 0.29) is 17.0 Å². The average molecular weight is 430 g/mol. The van der Waals surface area contributed by atoms with Crippen LogP contribution in [-0.4, -0.2) is 46.2 Å². The van der Waals surface area contributed by atoms with Crippen LogP contribution < -0.4 is 10.1 Å². The monoisotopic (exact) mass is 430 g/mol. The van der Waals surface area contributed by atoms with Gasteiger partial charge in [0, 0.05) is 5.56 Å². The van der Waals surface area contributed by atoms with Crippen molar-refractivity contribution in [2.45, 2.75) is 24.8 Å². The van der Waals surface area contributed by atoms with Gasteiger partial charge in [-0.05, 0) is 31.2 Å². The highest BCUT2D eigenvalue weighted by Gasteiger charge is 2.41. The Balaban J connectivity index is 2.02. The minimum Gasteiger partial charge on any atom is -0.486 e. The number of aromatic nitrogens is 1. The molecule has 0 fully saturated rings. The Labute approximate surface area is 168 Å². The van der Waals surface area contributed by atoms with Gasteiger partial charge in [-0.1, -0.05) is 12.1 Å². The lowest BCUT2D eigenvalue weighted by Gasteiger charge is -2.20. The molecule has 0 aliphatic heterocycles. The molecule has 11 heteroatoms. The number of amides is 1. The molecule has 1 atom stereocenters. The first-order chi connectivity index (χ1) is 14.0. The lowest BCUT2D eigenvalue weighted by atomic mass is 10.0. The van der Waals surface area contributed by atoms with Crippen molar-refractivity contribution in [3.63, 3.8) is 0 Å². The van der Waals surface area contributed by atoms with E-state index in [1.807, 2.05) is 0 Å². The number of nitrogens with zero attached hydrogens (tertiary/aromatic N) is 1. The number of aliphatic hydroxyl groups is 1. The zero-order chi connectivity index (χ0) is 22.5. The maximum absolute atomic E-state index is 14.4. The number of alkyl halides is 4. The summed E-state index contributed by atoms with van der Waals surface area (Å²) < 4.78 is 59.5. The highest BCUT2D eigenvalue weighted by Crippen LogP contribution is 2.29. The average Bonchev–Trinajstić information content (AvgIpc) is 2.72. The molecule has 1 aromatic heterocycles. The summed E-state index contributed by atoms with van der Waals surface area (Å²) in [6.45, 7) is -1.05. The summed E-state index contributed by atoms with van der Waals surface area (Å²) in [6, 6.07) is 5.24. The quantitative estimate of drug-likeness (QED) is 0.528. The van der Waals surface area contributed by atoms with Gasteiger partial charge in [-0.3, -0.25) is 9.78 Å². The zero-order valence-electron chi connectivity index (χ0n) is 15.6. The Kier molecular flexibility index (Phi) is 6.98. The summed E-state index contributed by atoms with van der Waals surface area (Å²) in [4.78, 5) is 26.7. The maximum Gasteiger partial charge on any atom is 0.349 e. The zero-order valence-corrected chi connectivity index (χ0v) is 15.6. The van der Waals surface area contributed by atoms with Gasteiger partial charge in [0.15, 0.2) is 6.61 Å². The highest BCUT2D eigenvalue weighted by molar-refractivity contribution is 5.88. The Morgan fingerprint density at radius 3 is 2.27 bits per heavy atom. The molecule has 1 amide bonds. The molecular weight excluding hydrogens is 412 g/mol. The van der Waals surface area contributed by atoms with Crippen LogP contribution in [0.4, 0.5) is 17.6 Å². The molecule has 0 spiro atoms. The number of nitrogens with one attached hydrogen (secondary N) is 1. The normalized spacial score (nSPS) is 12.9. The largest absolute Gasteiger partial charge is 0.486 e. The number of carbonyl (C=O) groups excluding carboxylic acids is 1. The lowest BCUT2D eigenvalue weighted by Crippen LogP contribution is -2.39. The molecule has 162 valence electrons. The number of halogens is 4. The second-order valence-electron chi connectivity index (χ2n) is 6.37. The third-order valence-corrected chi connectivity index (χ3v) is 4.01. The van der Waals surface area contributed by atoms with E-state index < -0.39 is 48.5 Å². The van der Waals surface area contributed by atoms with Crippen LogP contribution in [0.1, 0.15) is 34.6 Å². The first kappa shape index (κ1) is 23.1. The van der Waals surface area contributed by atoms with Crippen LogP contribution >= 0.6 is 0 Å². The number of hydrogen-bond donors (Lipinski definition) is 3. The van der Waals surface area contributed by atoms with Gasteiger partial charge < -0.3 is 20.3 Å². The van der Waals surface area contributed by atoms with Crippen molar-refractivity contribution in [1.82, 2.24) is 10.3 Å². The Morgan fingerprint density at radius 1 is 1.13 bits per heavy atom. The first-order valence-electron chi connectivity index (χ1n) is 8.56. The van der Waals surface area contributed by atoms with E-state index in [9.17, 15) is 27.2 Å². The van der Waals surface area contributed by atoms with E-state index in [1.165, 1.54) is 19.1 Å². The number of carbonyl (C=O) groups is 2. The Morgan fingerprint density at radius 2 is 1.77 bits per heavy atom. The third-order valence-electron chi connectivity index (χ3n) is 4.01. The number of ether oxygens (including phenoxy) is 1. The van der Waals surface area contributed by atoms with Gasteiger partial charge in [0.2, 0.25) is 0 Å². The van der Waals surface area contributed by atoms with E-state index in [0.717, 1.165) is 30.5 Å². The van der Waals surface area contributed by atoms with Gasteiger partial charge in [0.05, 0.1) is 23.5 Å². The SMILES string of the molecule is C[C@@H](NC(=O)C(F)(F)c1ccc(C(=O)O)cc1)c1ccc(OCC(F)(F)CO)cn1. The molecule has 0 aliphatic rings. The number of pyridine rings is 1. The van der Waals surface area contributed by atoms with Crippen LogP contribution in [0.2, 0.25) is 0 Å². The summed E-state index contributed by atoms with van der Waals surface area (Å²) in [5, 5.41) is 19.4. The van der Waals surface area contributed by atoms with E-state index in [4.69, 9.17) is 14.9 Å². The minimum absolute atomic E-state index is 0.0331. The molecule has 2 aromatic rings. The topological polar surface area (TPSA) is 109 Å². The lowest BCUT2D eigenvalue weighted by molar-refractivity contribution is -0.147. The molecule has 0 radical (unpaired) electrons. The first-order valence-corrected chi connectivity index (χ1v) is 8.56. The van der Waals surface area contributed by atoms with Gasteiger partial charge >= 0.3 is 17.8 Å². The summed E-state index contributed by atoms with van der Waals surface area (Å²) in [6.07, 6.45) is 1.08. The summed E-state index contributed by atoms with van der Waals surface area (Å²) in [7, 11) is 0. The predicted molar refractivity (Wildman–Crippen MR) is 95.6 cm³/mol. The van der Waals surface area contributed by atoms with Gasteiger partial charge in [-0.2, -0.15) is 8.78 Å². The minimum atomic E-state index is -3.93. The molecule has 30 heavy (non-hydrogen) atoms. The third kappa shape index (κ3) is 5.66. The van der Waals surface area contributed by atoms with E-state index in [2.05, 4.69) is 10.3 Å². The second kappa shape index (κ2) is 9.08. The molecule has 1 heterocycles. The van der Waals surface area contributed by atoms with Crippen molar-refractivity contribution in [3.05, 3.63) is 59.4 Å². The van der Waals surface area contributed by atoms with Crippen molar-refractivity contribution < 1.29 is 42.1 Å². The van der Waals surface area contributed by atoms with Gasteiger partial charge in [-0.15, -0.1) is 0 Å². The molecule has 2 rings (SSSR count). The molecule has 0 unspecified atom stereocenters. The van der Waals surface area contributed by atoms with Crippen LogP contribution in [0.3, 0.4) is 0 Å². The van der Waals surface area contributed by atoms with Crippen LogP contribution in [-0.2, 0) is 10.7 Å². The standard InChI is InChI=1S/C19H18F4N2O5/c1-11(15-7-6-14(8-24-15)30-10-18(20,21)9-26)25-17(29)19(22,23)13-4-2-12(3-5-13)16(27)28/h2-8,11,26H,9-10H2,1H3,(H,25,29)(H,27,28)/t11-/m1/s1. The van der Waals surface area contributed by atoms with Crippen molar-refractivity contribution in [2.24, 2.45) is 0 Å². The molecule has 0 aliphatic carbocycles. The molecule has 3 N–H and O–H groups in total. The van der Waals surface area contributed by atoms with Crippen LogP contribution in [0.5, 0.6) is 5.75 Å². The predicted octanol–water partition coefficient (Wildman–Crippen LogP) is 2.76. The van der Waals surface area contributed by atoms with Crippen LogP contribution in [0, 0.1) is 0 Å². The summed E-state index contributed by atoms with van der Waals surface area (Å²) in [5.74, 6) is -10.3. The Bertz CT molecular complexity index is 889. The fraction of sp³-hybridized carbons (Fsp3) is 0.316. The number of benzene rings is 1. The summed E-state index contributed by atoms with van der Waals surface area (Å²) in [5.41, 5.74) is -0.716. The maximum atomic E-state index is 14.4.